The summed E-state index contributed by atoms with van der Waals surface area (Å²) in [6, 6.07) is 5.76. The molecule has 7 nitrogen and oxygen atoms in total. The fourth-order valence-corrected chi connectivity index (χ4v) is 2.52. The van der Waals surface area contributed by atoms with Crippen LogP contribution in [-0.4, -0.2) is 58.1 Å². The number of aliphatic hydroxyl groups is 1. The number of aliphatic carboxylic acids is 1. The van der Waals surface area contributed by atoms with Crippen molar-refractivity contribution in [2.45, 2.75) is 26.0 Å². The first kappa shape index (κ1) is 19.2. The van der Waals surface area contributed by atoms with Crippen LogP contribution >= 0.6 is 0 Å². The minimum Gasteiger partial charge on any atom is -1.00 e. The van der Waals surface area contributed by atoms with Gasteiger partial charge in [0.25, 0.3) is 5.91 Å². The van der Waals surface area contributed by atoms with Crippen molar-refractivity contribution in [1.82, 2.24) is 4.90 Å². The number of aliphatic hydroxyl groups excluding tert-OH is 1. The summed E-state index contributed by atoms with van der Waals surface area (Å²) < 4.78 is 0. The summed E-state index contributed by atoms with van der Waals surface area (Å²) in [5, 5.41) is 18.8. The van der Waals surface area contributed by atoms with E-state index >= 15 is 0 Å². The molecule has 0 aliphatic carbocycles. The maximum atomic E-state index is 12.6. The molecule has 1 saturated heterocycles. The molecule has 8 heteroatoms. The van der Waals surface area contributed by atoms with Gasteiger partial charge in [-0.25, -0.2) is 4.79 Å². The number of amides is 2. The Morgan fingerprint density at radius 2 is 1.83 bits per heavy atom. The molecular weight excluding hydrogens is 295 g/mol. The van der Waals surface area contributed by atoms with Gasteiger partial charge in [0.15, 0.2) is 6.10 Å². The molecular formula is C15H19LiN2O5. The van der Waals surface area contributed by atoms with Gasteiger partial charge in [-0.3, -0.25) is 9.59 Å². The molecule has 2 N–H and O–H groups in total. The maximum absolute atomic E-state index is 12.6. The summed E-state index contributed by atoms with van der Waals surface area (Å²) in [7, 11) is 0. The van der Waals surface area contributed by atoms with E-state index < -0.39 is 29.9 Å². The topological polar surface area (TPSA) is 98.2 Å². The monoisotopic (exact) mass is 314 g/mol. The van der Waals surface area contributed by atoms with Gasteiger partial charge < -0.3 is 21.4 Å². The molecule has 2 atom stereocenters. The molecule has 0 spiro atoms. The van der Waals surface area contributed by atoms with Crippen LogP contribution in [0.25, 0.3) is 0 Å². The number of piperazine rings is 1. The predicted molar refractivity (Wildman–Crippen MR) is 79.5 cm³/mol. The number of anilines is 1. The number of hydrogen-bond acceptors (Lipinski definition) is 4. The molecule has 1 aromatic carbocycles. The predicted octanol–water partition coefficient (Wildman–Crippen LogP) is -2.88. The van der Waals surface area contributed by atoms with Gasteiger partial charge in [0.2, 0.25) is 5.91 Å². The molecule has 1 aliphatic heterocycles. The van der Waals surface area contributed by atoms with Crippen molar-refractivity contribution >= 4 is 23.5 Å². The van der Waals surface area contributed by atoms with Gasteiger partial charge in [-0.15, -0.1) is 0 Å². The van der Waals surface area contributed by atoms with Crippen molar-refractivity contribution in [2.75, 3.05) is 18.0 Å². The zero-order valence-electron chi connectivity index (χ0n) is 14.4. The largest absolute Gasteiger partial charge is 1.00 e. The van der Waals surface area contributed by atoms with Crippen molar-refractivity contribution in [3.05, 3.63) is 29.8 Å². The number of carbonyl (C=O) groups is 3. The van der Waals surface area contributed by atoms with Crippen LogP contribution in [0.1, 0.15) is 13.9 Å². The molecule has 120 valence electrons. The normalized spacial score (nSPS) is 19.1. The smallest absolute Gasteiger partial charge is 1.00 e. The van der Waals surface area contributed by atoms with E-state index in [2.05, 4.69) is 0 Å². The fourth-order valence-electron chi connectivity index (χ4n) is 2.52. The fraction of sp³-hybridized carbons (Fsp3) is 0.400. The minimum atomic E-state index is -1.95. The number of benzene rings is 1. The third-order valence-electron chi connectivity index (χ3n) is 3.72. The van der Waals surface area contributed by atoms with Gasteiger partial charge in [0, 0.05) is 25.7 Å². The molecule has 0 radical (unpaired) electrons. The molecule has 0 aromatic heterocycles. The van der Waals surface area contributed by atoms with Crippen molar-refractivity contribution in [2.24, 2.45) is 0 Å². The third-order valence-corrected chi connectivity index (χ3v) is 3.72. The van der Waals surface area contributed by atoms with Crippen LogP contribution in [0, 0.1) is 6.92 Å². The number of nitrogens with zero attached hydrogens (tertiary/aromatic N) is 2. The first-order valence-corrected chi connectivity index (χ1v) is 6.89. The summed E-state index contributed by atoms with van der Waals surface area (Å²) in [6.07, 6.45) is -1.95. The number of rotatable bonds is 3. The van der Waals surface area contributed by atoms with Gasteiger partial charge in [-0.2, -0.15) is 0 Å². The van der Waals surface area contributed by atoms with Crippen LogP contribution < -0.4 is 23.8 Å². The minimum absolute atomic E-state index is 0. The number of hydrogen-bond donors (Lipinski definition) is 2. The van der Waals surface area contributed by atoms with Gasteiger partial charge in [0.1, 0.15) is 6.04 Å². The number of carbonyl (C=O) groups excluding carboxylic acids is 2. The molecule has 2 amide bonds. The Kier molecular flexibility index (Phi) is 6.39. The second-order valence-electron chi connectivity index (χ2n) is 5.27. The number of aryl methyl sites for hydroxylation is 1. The van der Waals surface area contributed by atoms with Crippen LogP contribution in [0.2, 0.25) is 0 Å². The number of carboxylic acids is 1. The zero-order chi connectivity index (χ0) is 16.4. The van der Waals surface area contributed by atoms with E-state index in [-0.39, 0.29) is 33.4 Å². The molecule has 2 unspecified atom stereocenters. The van der Waals surface area contributed by atoms with Gasteiger partial charge in [0.05, 0.1) is 0 Å². The summed E-state index contributed by atoms with van der Waals surface area (Å²) in [5.74, 6) is -2.57. The number of carboxylic acid groups (broad SMARTS) is 1. The Morgan fingerprint density at radius 3 is 2.30 bits per heavy atom. The summed E-state index contributed by atoms with van der Waals surface area (Å²) >= 11 is 0. The average molecular weight is 314 g/mol. The van der Waals surface area contributed by atoms with E-state index in [1.54, 1.807) is 12.1 Å². The standard InChI is InChI=1S/C15H18N2O5.Li.H/c1-9-3-5-11(6-4-9)17-8-7-16(10(2)18)12(14(17)20)13(19)15(21)22;;/h3-6,12-13,19H,7-8H2,1-2H3,(H,21,22);;/q;+1;-1. The van der Waals surface area contributed by atoms with Crippen LogP contribution in [0.4, 0.5) is 5.69 Å². The van der Waals surface area contributed by atoms with Crippen molar-refractivity contribution in [3.8, 4) is 0 Å². The van der Waals surface area contributed by atoms with Gasteiger partial charge in [-0.05, 0) is 19.1 Å². The van der Waals surface area contributed by atoms with Crippen molar-refractivity contribution in [3.63, 3.8) is 0 Å². The van der Waals surface area contributed by atoms with E-state index in [0.717, 1.165) is 10.5 Å². The molecule has 23 heavy (non-hydrogen) atoms. The SMILES string of the molecule is CC(=O)N1CCN(c2ccc(C)cc2)C(=O)C1C(O)C(=O)O.[H-].[Li+]. The first-order valence-electron chi connectivity index (χ1n) is 6.89. The molecule has 2 rings (SSSR count). The summed E-state index contributed by atoms with van der Waals surface area (Å²) in [5.41, 5.74) is 1.64. The molecule has 0 saturated carbocycles. The molecule has 0 bridgehead atoms. The Balaban J connectivity index is 0.00000264. The average Bonchev–Trinajstić information content (AvgIpc) is 2.47. The first-order chi connectivity index (χ1) is 10.3. The summed E-state index contributed by atoms with van der Waals surface area (Å²) in [6.45, 7) is 3.58. The van der Waals surface area contributed by atoms with E-state index in [9.17, 15) is 19.5 Å². The van der Waals surface area contributed by atoms with Crippen LogP contribution in [-0.2, 0) is 14.4 Å². The van der Waals surface area contributed by atoms with Gasteiger partial charge >= 0.3 is 24.8 Å². The quantitative estimate of drug-likeness (QED) is 0.584. The zero-order valence-corrected chi connectivity index (χ0v) is 13.4. The van der Waals surface area contributed by atoms with Gasteiger partial charge in [-0.1, -0.05) is 17.7 Å². The Bertz CT molecular complexity index is 610. The second kappa shape index (κ2) is 7.64. The van der Waals surface area contributed by atoms with Crippen LogP contribution in [0.3, 0.4) is 0 Å². The van der Waals surface area contributed by atoms with E-state index in [1.807, 2.05) is 19.1 Å². The molecule has 1 aliphatic rings. The van der Waals surface area contributed by atoms with E-state index in [1.165, 1.54) is 11.8 Å². The Hall–Kier alpha value is -1.81. The van der Waals surface area contributed by atoms with E-state index in [4.69, 9.17) is 5.11 Å². The van der Waals surface area contributed by atoms with Crippen molar-refractivity contribution in [1.29, 1.82) is 0 Å². The molecule has 1 heterocycles. The van der Waals surface area contributed by atoms with Crippen LogP contribution in [0.15, 0.2) is 24.3 Å². The van der Waals surface area contributed by atoms with Crippen molar-refractivity contribution < 1.29 is 44.9 Å². The summed E-state index contributed by atoms with van der Waals surface area (Å²) in [4.78, 5) is 37.7. The third kappa shape index (κ3) is 3.94. The second-order valence-corrected chi connectivity index (χ2v) is 5.27. The van der Waals surface area contributed by atoms with E-state index in [0.29, 0.717) is 5.69 Å². The Labute approximate surface area is 147 Å². The Morgan fingerprint density at radius 1 is 1.26 bits per heavy atom. The maximum Gasteiger partial charge on any atom is 1.00 e. The van der Waals surface area contributed by atoms with Crippen LogP contribution in [0.5, 0.6) is 0 Å². The molecule has 1 fully saturated rings. The molecule has 1 aromatic rings.